The van der Waals surface area contributed by atoms with E-state index in [4.69, 9.17) is 4.74 Å². The number of thiophene rings is 1. The molecule has 436 valence electrons. The Labute approximate surface area is 468 Å². The Morgan fingerprint density at radius 1 is 0.560 bits per heavy atom. The molecule has 0 bridgehead atoms. The van der Waals surface area contributed by atoms with Gasteiger partial charge in [0.15, 0.2) is 0 Å². The van der Waals surface area contributed by atoms with Gasteiger partial charge in [0.2, 0.25) is 11.9 Å². The van der Waals surface area contributed by atoms with Crippen LogP contribution in [0.3, 0.4) is 0 Å². The van der Waals surface area contributed by atoms with Crippen molar-refractivity contribution in [2.45, 2.75) is 144 Å². The minimum absolute atomic E-state index is 0.890. The highest BCUT2D eigenvalue weighted by Crippen LogP contribution is 2.11. The number of piperidine rings is 2. The van der Waals surface area contributed by atoms with Gasteiger partial charge >= 0.3 is 0 Å². The summed E-state index contributed by atoms with van der Waals surface area (Å²) in [6.07, 6.45) is 22.4. The first-order chi connectivity index (χ1) is 36.6. The van der Waals surface area contributed by atoms with Crippen molar-refractivity contribution in [3.63, 3.8) is 0 Å². The van der Waals surface area contributed by atoms with E-state index in [1.165, 1.54) is 179 Å². The number of unbranched alkanes of at least 4 members (excludes halogenated alkanes) is 4. The van der Waals surface area contributed by atoms with Crippen molar-refractivity contribution in [2.24, 2.45) is 9.98 Å². The summed E-state index contributed by atoms with van der Waals surface area (Å²) in [5, 5.41) is 8.96. The Morgan fingerprint density at radius 2 is 0.987 bits per heavy atom. The lowest BCUT2D eigenvalue weighted by atomic mass is 10.1. The fraction of sp³-hybridized carbons (Fsp3) is 0.738. The smallest absolute Gasteiger partial charge is 0.210 e. The molecule has 1 aromatic carbocycles. The third-order valence-corrected chi connectivity index (χ3v) is 13.9. The van der Waals surface area contributed by atoms with Crippen LogP contribution in [0.5, 0.6) is 0 Å². The summed E-state index contributed by atoms with van der Waals surface area (Å²) in [4.78, 5) is 22.2. The molecule has 13 nitrogen and oxygen atoms in total. The van der Waals surface area contributed by atoms with Gasteiger partial charge in [0.05, 0.1) is 26.3 Å². The monoisotopic (exact) mass is 1070 g/mol. The van der Waals surface area contributed by atoms with Gasteiger partial charge in [-0.1, -0.05) is 108 Å². The zero-order valence-electron chi connectivity index (χ0n) is 50.8. The Bertz CT molecular complexity index is 1440. The second kappa shape index (κ2) is 55.4. The molecule has 75 heavy (non-hydrogen) atoms. The van der Waals surface area contributed by atoms with E-state index in [0.29, 0.717) is 0 Å². The SMILES string of the molecule is C=C.C=C.CCCCN1CCCC1.CCCCN1CCCCC1.CCCCN1CCCCC1.CCCCN1CCOCC1.CNN(C)C1=NCCN1.CNN(C)C1=NCCN1C.Cc1ccccc1.Cc1cccs1. The quantitative estimate of drug-likeness (QED) is 0.125. The normalized spacial score (nSPS) is 17.0. The van der Waals surface area contributed by atoms with Gasteiger partial charge in [0, 0.05) is 66.3 Å². The molecule has 0 amide bonds. The summed E-state index contributed by atoms with van der Waals surface area (Å²) in [7, 11) is 9.68. The van der Waals surface area contributed by atoms with Crippen LogP contribution in [0.1, 0.15) is 141 Å². The molecule has 0 unspecified atom stereocenters. The number of nitrogens with zero attached hydrogens (tertiary/aromatic N) is 9. The molecular formula is C61H120N12OS. The van der Waals surface area contributed by atoms with Gasteiger partial charge < -0.3 is 29.7 Å². The molecule has 8 rings (SSSR count). The van der Waals surface area contributed by atoms with Crippen molar-refractivity contribution in [2.75, 3.05) is 153 Å². The number of aryl methyl sites for hydroxylation is 2. The van der Waals surface area contributed by atoms with Crippen molar-refractivity contribution in [1.82, 2.24) is 50.7 Å². The Balaban J connectivity index is 0. The van der Waals surface area contributed by atoms with Crippen molar-refractivity contribution < 1.29 is 4.74 Å². The number of rotatable bonds is 14. The van der Waals surface area contributed by atoms with E-state index < -0.39 is 0 Å². The first-order valence-electron chi connectivity index (χ1n) is 29.5. The number of aliphatic imine (C=N–C) groups is 2. The topological polar surface area (TPSA) is 92.7 Å². The molecule has 14 heteroatoms. The molecule has 2 aromatic rings. The van der Waals surface area contributed by atoms with Crippen LogP contribution in [0.25, 0.3) is 0 Å². The van der Waals surface area contributed by atoms with Gasteiger partial charge in [0.25, 0.3) is 0 Å². The van der Waals surface area contributed by atoms with Crippen LogP contribution >= 0.6 is 11.3 Å². The fourth-order valence-electron chi connectivity index (χ4n) is 8.32. The van der Waals surface area contributed by atoms with Crippen LogP contribution < -0.4 is 16.2 Å². The first kappa shape index (κ1) is 73.7. The molecular weight excluding hydrogens is 949 g/mol. The highest BCUT2D eigenvalue weighted by atomic mass is 32.1. The number of hydrogen-bond acceptors (Lipinski definition) is 14. The second-order valence-electron chi connectivity index (χ2n) is 19.4. The summed E-state index contributed by atoms with van der Waals surface area (Å²) >= 11 is 1.78. The highest BCUT2D eigenvalue weighted by Gasteiger charge is 2.15. The first-order valence-corrected chi connectivity index (χ1v) is 30.3. The van der Waals surface area contributed by atoms with Crippen molar-refractivity contribution in [3.8, 4) is 0 Å². The predicted octanol–water partition coefficient (Wildman–Crippen LogP) is 11.6. The van der Waals surface area contributed by atoms with E-state index >= 15 is 0 Å². The number of likely N-dealkylation sites (N-methyl/N-ethyl adjacent to an activating group) is 1. The molecule has 6 aliphatic heterocycles. The second-order valence-corrected chi connectivity index (χ2v) is 20.6. The van der Waals surface area contributed by atoms with E-state index in [1.807, 2.05) is 63.5 Å². The summed E-state index contributed by atoms with van der Waals surface area (Å²) < 4.78 is 5.24. The van der Waals surface area contributed by atoms with E-state index in [-0.39, 0.29) is 0 Å². The number of guanidine groups is 2. The zero-order chi connectivity index (χ0) is 56.0. The maximum atomic E-state index is 5.24. The van der Waals surface area contributed by atoms with E-state index in [1.54, 1.807) is 11.3 Å². The van der Waals surface area contributed by atoms with Crippen LogP contribution in [0.4, 0.5) is 0 Å². The van der Waals surface area contributed by atoms with Gasteiger partial charge in [0.1, 0.15) is 0 Å². The maximum absolute atomic E-state index is 5.24. The number of nitrogens with one attached hydrogen (secondary N) is 3. The third-order valence-electron chi connectivity index (χ3n) is 13.1. The summed E-state index contributed by atoms with van der Waals surface area (Å²) in [6.45, 7) is 46.6. The Kier molecular flexibility index (Phi) is 54.5. The van der Waals surface area contributed by atoms with Crippen LogP contribution in [0.15, 0.2) is 84.1 Å². The number of hydrogen-bond donors (Lipinski definition) is 3. The van der Waals surface area contributed by atoms with Crippen molar-refractivity contribution >= 4 is 23.3 Å². The van der Waals surface area contributed by atoms with Crippen LogP contribution in [-0.2, 0) is 4.74 Å². The van der Waals surface area contributed by atoms with Gasteiger partial charge in [-0.3, -0.25) is 24.9 Å². The number of morpholine rings is 1. The Morgan fingerprint density at radius 3 is 1.28 bits per heavy atom. The molecule has 0 atom stereocenters. The third kappa shape index (κ3) is 43.3. The minimum Gasteiger partial charge on any atom is -0.379 e. The fourth-order valence-corrected chi connectivity index (χ4v) is 8.85. The average molecular weight is 1070 g/mol. The number of ether oxygens (including phenoxy) is 1. The highest BCUT2D eigenvalue weighted by molar-refractivity contribution is 7.09. The number of likely N-dealkylation sites (tertiary alicyclic amines) is 3. The van der Waals surface area contributed by atoms with Crippen molar-refractivity contribution in [3.05, 3.63) is 84.6 Å². The molecule has 3 N–H and O–H groups in total. The molecule has 0 spiro atoms. The lowest BCUT2D eigenvalue weighted by Gasteiger charge is -2.26. The molecule has 0 saturated carbocycles. The number of benzene rings is 1. The molecule has 4 fully saturated rings. The molecule has 0 radical (unpaired) electrons. The average Bonchev–Trinajstić information content (AvgIpc) is 4.35. The molecule has 1 aromatic heterocycles. The largest absolute Gasteiger partial charge is 0.379 e. The minimum atomic E-state index is 0.890. The zero-order valence-corrected chi connectivity index (χ0v) is 51.6. The van der Waals surface area contributed by atoms with E-state index in [9.17, 15) is 0 Å². The molecule has 7 heterocycles. The van der Waals surface area contributed by atoms with Crippen LogP contribution in [0.2, 0.25) is 0 Å². The van der Waals surface area contributed by atoms with Gasteiger partial charge in [-0.25, -0.2) is 10.9 Å². The van der Waals surface area contributed by atoms with E-state index in [0.717, 1.165) is 64.4 Å². The number of hydrazine groups is 2. The lowest BCUT2D eigenvalue weighted by Crippen LogP contribution is -2.43. The predicted molar refractivity (Wildman–Crippen MR) is 335 cm³/mol. The Hall–Kier alpha value is -3.34. The maximum Gasteiger partial charge on any atom is 0.210 e. The van der Waals surface area contributed by atoms with Gasteiger partial charge in [-0.15, -0.1) is 37.7 Å². The summed E-state index contributed by atoms with van der Waals surface area (Å²) in [5.74, 6) is 1.94. The van der Waals surface area contributed by atoms with Gasteiger partial charge in [-0.2, -0.15) is 0 Å². The molecule has 4 saturated heterocycles. The van der Waals surface area contributed by atoms with Crippen LogP contribution in [0, 0.1) is 13.8 Å². The van der Waals surface area contributed by atoms with Crippen molar-refractivity contribution in [1.29, 1.82) is 0 Å². The lowest BCUT2D eigenvalue weighted by molar-refractivity contribution is 0.0373. The summed E-state index contributed by atoms with van der Waals surface area (Å²) in [6, 6.07) is 14.4. The van der Waals surface area contributed by atoms with Crippen LogP contribution in [-0.4, -0.2) is 200 Å². The van der Waals surface area contributed by atoms with Gasteiger partial charge in [-0.05, 0) is 155 Å². The summed E-state index contributed by atoms with van der Waals surface area (Å²) in [5.41, 5.74) is 7.27. The molecule has 6 aliphatic rings. The molecule has 0 aliphatic carbocycles. The van der Waals surface area contributed by atoms with E-state index in [2.05, 4.69) is 148 Å². The standard InChI is InChI=1S/2C9H19N.C8H17NO.C8H17N.C7H8.C6H14N4.C5H12N4.C5H6S.2C2H4/c2*1-2-3-7-10-8-5-4-6-9-10;1-2-3-4-9-5-7-10-8-6-9;1-2-3-6-9-7-4-5-8-9;1-7-5-3-2-4-6-7;1-7-10(3)6-8-4-5-9(6)2;1-6-9(2)5-7-3-4-8-5;1-5-3-2-4-6-5;2*1-2/h2*2-9H2,1H3;2-8H2,1H3;2-8H2,1H3;2-6H,1H3;7H,4-5H2,1-3H3;6H,3-4H2,1-2H3,(H,7,8);2-4H,1H3;2*1-2H2.